The highest BCUT2D eigenvalue weighted by Crippen LogP contribution is 2.40. The van der Waals surface area contributed by atoms with Crippen molar-refractivity contribution in [2.24, 2.45) is 0 Å². The van der Waals surface area contributed by atoms with Gasteiger partial charge in [-0.15, -0.1) is 0 Å². The summed E-state index contributed by atoms with van der Waals surface area (Å²) in [7, 11) is 3.92. The van der Waals surface area contributed by atoms with Crippen molar-refractivity contribution in [3.05, 3.63) is 74.7 Å². The van der Waals surface area contributed by atoms with Gasteiger partial charge >= 0.3 is 0 Å². The van der Waals surface area contributed by atoms with Gasteiger partial charge < -0.3 is 14.9 Å². The molecule has 0 saturated carbocycles. The number of hydrogen-bond donors (Lipinski definition) is 1. The summed E-state index contributed by atoms with van der Waals surface area (Å²) in [5.74, 6) is -1.46. The Morgan fingerprint density at radius 2 is 1.86 bits per heavy atom. The maximum Gasteiger partial charge on any atom is 0.295 e. The van der Waals surface area contributed by atoms with Crippen molar-refractivity contribution in [3.63, 3.8) is 0 Å². The van der Waals surface area contributed by atoms with Crippen LogP contribution in [0.5, 0.6) is 0 Å². The molecule has 0 radical (unpaired) electrons. The van der Waals surface area contributed by atoms with Crippen molar-refractivity contribution in [1.82, 2.24) is 9.80 Å². The second-order valence-corrected chi connectivity index (χ2v) is 8.56. The number of likely N-dealkylation sites (tertiary alicyclic amines) is 1. The second-order valence-electron chi connectivity index (χ2n) is 7.21. The molecule has 1 amide bonds. The van der Waals surface area contributed by atoms with Gasteiger partial charge in [-0.1, -0.05) is 39.7 Å². The number of halogens is 2. The monoisotopic (exact) mass is 476 g/mol. The van der Waals surface area contributed by atoms with Gasteiger partial charge in [-0.2, -0.15) is 0 Å². The highest BCUT2D eigenvalue weighted by atomic mass is 79.9. The van der Waals surface area contributed by atoms with Crippen LogP contribution < -0.4 is 0 Å². The Labute approximate surface area is 183 Å². The smallest absolute Gasteiger partial charge is 0.295 e. The van der Waals surface area contributed by atoms with Gasteiger partial charge in [-0.3, -0.25) is 9.59 Å². The zero-order chi connectivity index (χ0) is 21.1. The molecule has 1 atom stereocenters. The molecule has 1 aliphatic rings. The molecular formula is C22H22BrClN2O3. The summed E-state index contributed by atoms with van der Waals surface area (Å²) < 4.78 is 0.834. The summed E-state index contributed by atoms with van der Waals surface area (Å²) >= 11 is 9.39. The van der Waals surface area contributed by atoms with Gasteiger partial charge in [0.1, 0.15) is 5.76 Å². The minimum absolute atomic E-state index is 0.0975. The Bertz CT molecular complexity index is 957. The fourth-order valence-electron chi connectivity index (χ4n) is 3.45. The number of amides is 1. The van der Waals surface area contributed by atoms with Crippen LogP contribution in [0.2, 0.25) is 5.02 Å². The molecule has 1 heterocycles. The average molecular weight is 478 g/mol. The number of carbonyl (C=O) groups excluding carboxylic acids is 2. The minimum atomic E-state index is -0.674. The van der Waals surface area contributed by atoms with Crippen LogP contribution in [0.4, 0.5) is 0 Å². The fourth-order valence-corrected chi connectivity index (χ4v) is 4.00. The van der Waals surface area contributed by atoms with Gasteiger partial charge in [0.05, 0.1) is 11.6 Å². The number of ketones is 1. The highest BCUT2D eigenvalue weighted by Gasteiger charge is 2.45. The van der Waals surface area contributed by atoms with E-state index in [-0.39, 0.29) is 11.3 Å². The molecule has 0 spiro atoms. The first-order valence-electron chi connectivity index (χ1n) is 9.24. The second kappa shape index (κ2) is 9.11. The number of benzene rings is 2. The normalized spacial score (nSPS) is 18.7. The van der Waals surface area contributed by atoms with Crippen molar-refractivity contribution < 1.29 is 14.7 Å². The van der Waals surface area contributed by atoms with Crippen LogP contribution in [-0.4, -0.2) is 53.8 Å². The number of aliphatic hydroxyl groups excluding tert-OH is 1. The van der Waals surface area contributed by atoms with Gasteiger partial charge in [0.15, 0.2) is 0 Å². The lowest BCUT2D eigenvalue weighted by atomic mass is 9.95. The third kappa shape index (κ3) is 4.71. The summed E-state index contributed by atoms with van der Waals surface area (Å²) in [4.78, 5) is 29.3. The Morgan fingerprint density at radius 1 is 1.17 bits per heavy atom. The molecule has 1 aliphatic heterocycles. The first kappa shape index (κ1) is 21.6. The molecule has 0 bridgehead atoms. The lowest BCUT2D eigenvalue weighted by Gasteiger charge is -2.26. The van der Waals surface area contributed by atoms with Gasteiger partial charge in [-0.05, 0) is 69.0 Å². The molecule has 3 rings (SSSR count). The zero-order valence-corrected chi connectivity index (χ0v) is 18.6. The topological polar surface area (TPSA) is 60.9 Å². The lowest BCUT2D eigenvalue weighted by Crippen LogP contribution is -2.32. The first-order valence-corrected chi connectivity index (χ1v) is 10.4. The van der Waals surface area contributed by atoms with E-state index < -0.39 is 17.7 Å². The number of Topliss-reactive ketones (excluding diaryl/α,β-unsaturated/α-hetero) is 1. The van der Waals surface area contributed by atoms with Crippen LogP contribution >= 0.6 is 27.5 Å². The Hall–Kier alpha value is -2.15. The molecular weight excluding hydrogens is 456 g/mol. The number of rotatable bonds is 6. The Kier molecular flexibility index (Phi) is 6.77. The van der Waals surface area contributed by atoms with Crippen LogP contribution in [0.25, 0.3) is 5.76 Å². The Morgan fingerprint density at radius 3 is 2.48 bits per heavy atom. The molecule has 152 valence electrons. The van der Waals surface area contributed by atoms with Crippen LogP contribution in [0.15, 0.2) is 58.6 Å². The van der Waals surface area contributed by atoms with Crippen molar-refractivity contribution in [2.75, 3.05) is 27.2 Å². The largest absolute Gasteiger partial charge is 0.507 e. The number of carbonyl (C=O) groups is 2. The van der Waals surface area contributed by atoms with Crippen molar-refractivity contribution in [3.8, 4) is 0 Å². The van der Waals surface area contributed by atoms with Gasteiger partial charge in [0.25, 0.3) is 11.7 Å². The molecule has 2 aromatic rings. The molecule has 1 fully saturated rings. The molecule has 2 aromatic carbocycles. The lowest BCUT2D eigenvalue weighted by molar-refractivity contribution is -0.139. The number of nitrogens with zero attached hydrogens (tertiary/aromatic N) is 2. The summed E-state index contributed by atoms with van der Waals surface area (Å²) in [6.07, 6.45) is 0.714. The minimum Gasteiger partial charge on any atom is -0.507 e. The molecule has 1 saturated heterocycles. The molecule has 0 aromatic heterocycles. The van der Waals surface area contributed by atoms with Gasteiger partial charge in [0.2, 0.25) is 0 Å². The molecule has 0 aliphatic carbocycles. The predicted molar refractivity (Wildman–Crippen MR) is 118 cm³/mol. The molecule has 0 unspecified atom stereocenters. The van der Waals surface area contributed by atoms with E-state index in [4.69, 9.17) is 11.6 Å². The summed E-state index contributed by atoms with van der Waals surface area (Å²) in [5, 5.41) is 11.5. The van der Waals surface area contributed by atoms with Crippen LogP contribution in [0, 0.1) is 0 Å². The van der Waals surface area contributed by atoms with E-state index in [9.17, 15) is 14.7 Å². The van der Waals surface area contributed by atoms with Crippen molar-refractivity contribution in [1.29, 1.82) is 0 Å². The predicted octanol–water partition coefficient (Wildman–Crippen LogP) is 4.48. The molecule has 1 N–H and O–H groups in total. The van der Waals surface area contributed by atoms with E-state index in [1.54, 1.807) is 29.2 Å². The summed E-state index contributed by atoms with van der Waals surface area (Å²) in [6, 6.07) is 13.3. The van der Waals surface area contributed by atoms with E-state index in [0.717, 1.165) is 16.6 Å². The molecule has 29 heavy (non-hydrogen) atoms. The standard InChI is InChI=1S/C22H22BrClN2O3/c1-25(2)11-4-12-26-19(15-5-3-6-16(23)13-15)18(21(28)22(26)29)20(27)14-7-9-17(24)10-8-14/h3,5-10,13,19,27H,4,11-12H2,1-2H3/t19-/m0/s1. The zero-order valence-electron chi connectivity index (χ0n) is 16.2. The van der Waals surface area contributed by atoms with Crippen LogP contribution in [-0.2, 0) is 9.59 Å². The van der Waals surface area contributed by atoms with E-state index in [2.05, 4.69) is 15.9 Å². The number of hydrogen-bond acceptors (Lipinski definition) is 4. The Balaban J connectivity index is 2.09. The van der Waals surface area contributed by atoms with E-state index in [1.807, 2.05) is 43.3 Å². The average Bonchev–Trinajstić information content (AvgIpc) is 2.93. The molecule has 7 heteroatoms. The molecule has 5 nitrogen and oxygen atoms in total. The third-order valence-electron chi connectivity index (χ3n) is 4.83. The van der Waals surface area contributed by atoms with E-state index in [1.165, 1.54) is 0 Å². The van der Waals surface area contributed by atoms with E-state index >= 15 is 0 Å². The summed E-state index contributed by atoms with van der Waals surface area (Å²) in [5.41, 5.74) is 1.31. The highest BCUT2D eigenvalue weighted by molar-refractivity contribution is 9.10. The quantitative estimate of drug-likeness (QED) is 0.379. The van der Waals surface area contributed by atoms with E-state index in [0.29, 0.717) is 23.6 Å². The SMILES string of the molecule is CN(C)CCCN1C(=O)C(=O)C(=C(O)c2ccc(Cl)cc2)[C@@H]1c1cccc(Br)c1. The van der Waals surface area contributed by atoms with Crippen molar-refractivity contribution >= 4 is 45.0 Å². The van der Waals surface area contributed by atoms with Crippen LogP contribution in [0.3, 0.4) is 0 Å². The van der Waals surface area contributed by atoms with Gasteiger partial charge in [-0.25, -0.2) is 0 Å². The third-order valence-corrected chi connectivity index (χ3v) is 5.57. The maximum atomic E-state index is 12.9. The van der Waals surface area contributed by atoms with Crippen molar-refractivity contribution in [2.45, 2.75) is 12.5 Å². The fraction of sp³-hybridized carbons (Fsp3) is 0.273. The number of aliphatic hydroxyl groups is 1. The first-order chi connectivity index (χ1) is 13.8. The maximum absolute atomic E-state index is 12.9. The van der Waals surface area contributed by atoms with Gasteiger partial charge in [0, 0.05) is 21.6 Å². The summed E-state index contributed by atoms with van der Waals surface area (Å²) in [6.45, 7) is 1.20. The van der Waals surface area contributed by atoms with Crippen LogP contribution in [0.1, 0.15) is 23.6 Å².